The van der Waals surface area contributed by atoms with Crippen LogP contribution in [0.2, 0.25) is 0 Å². The van der Waals surface area contributed by atoms with Gasteiger partial charge in [-0.05, 0) is 83.4 Å². The van der Waals surface area contributed by atoms with Crippen molar-refractivity contribution in [3.8, 4) is 0 Å². The molecule has 1 aliphatic rings. The van der Waals surface area contributed by atoms with Crippen molar-refractivity contribution in [3.63, 3.8) is 0 Å². The van der Waals surface area contributed by atoms with E-state index in [0.717, 1.165) is 50.2 Å². The summed E-state index contributed by atoms with van der Waals surface area (Å²) in [6.07, 6.45) is 22.2. The van der Waals surface area contributed by atoms with Crippen molar-refractivity contribution >= 4 is 41.1 Å². The van der Waals surface area contributed by atoms with Gasteiger partial charge >= 0.3 is 0 Å². The number of thioether (sulfide) groups is 1. The summed E-state index contributed by atoms with van der Waals surface area (Å²) in [7, 11) is 0. The quantitative estimate of drug-likeness (QED) is 0.273. The number of hydrogen-bond donors (Lipinski definition) is 2. The second-order valence-electron chi connectivity index (χ2n) is 9.46. The number of amides is 2. The lowest BCUT2D eigenvalue weighted by atomic mass is 10.0. The van der Waals surface area contributed by atoms with Gasteiger partial charge in [0.2, 0.25) is 11.9 Å². The third kappa shape index (κ3) is 11.0. The molecule has 2 amide bonds. The third-order valence-corrected chi connectivity index (χ3v) is 7.21. The van der Waals surface area contributed by atoms with Crippen LogP contribution >= 0.6 is 23.4 Å². The number of carbonyl (C=O) groups is 2. The normalized spacial score (nSPS) is 16.1. The lowest BCUT2D eigenvalue weighted by Crippen LogP contribution is -2.52. The zero-order valence-corrected chi connectivity index (χ0v) is 24.7. The molecule has 0 aliphatic carbocycles. The molecule has 0 saturated heterocycles. The van der Waals surface area contributed by atoms with Crippen molar-refractivity contribution in [1.82, 2.24) is 20.2 Å². The molecule has 1 aromatic rings. The van der Waals surface area contributed by atoms with Crippen LogP contribution in [0.4, 0.5) is 5.95 Å². The van der Waals surface area contributed by atoms with Crippen molar-refractivity contribution in [2.75, 3.05) is 31.2 Å². The predicted molar refractivity (Wildman–Crippen MR) is 160 cm³/mol. The standard InChI is InChI=1S/C29H40ClN5O2S/c1-6-8-9-13-22(7-2)21-35-18-12-14-24-23(17-19-35)20-31-28(32-24)33-27(37)29(3,4)34-26(36)16-11-10-15-25(30)38-5/h6-9,11,13,15-16,20H,10,12,14,17-19,21H2,1-5H3,(H,34,36)(H,31,32,33,37)/b8-6-,13-9-,16-11+,22-7+,25-15-. The maximum Gasteiger partial charge on any atom is 0.251 e. The van der Waals surface area contributed by atoms with Crippen molar-refractivity contribution in [2.24, 2.45) is 0 Å². The van der Waals surface area contributed by atoms with Crippen molar-refractivity contribution in [1.29, 1.82) is 0 Å². The number of aryl methyl sites for hydroxylation is 1. The molecule has 206 valence electrons. The fraction of sp³-hybridized carbons (Fsp3) is 0.448. The fourth-order valence-corrected chi connectivity index (χ4v) is 4.17. The molecule has 0 bridgehead atoms. The average molecular weight is 558 g/mol. The van der Waals surface area contributed by atoms with Crippen LogP contribution < -0.4 is 10.6 Å². The van der Waals surface area contributed by atoms with Gasteiger partial charge in [-0.3, -0.25) is 19.8 Å². The number of nitrogens with zero attached hydrogens (tertiary/aromatic N) is 3. The Hall–Kier alpha value is -2.68. The SMILES string of the molecule is C\C=C/C=C\C(=C/C)CN1CCCc2nc(NC(=O)C(C)(C)NC(=O)/C=C/C/C=C(/Cl)SC)ncc2CC1. The molecule has 0 radical (unpaired) electrons. The van der Waals surface area contributed by atoms with Gasteiger partial charge in [0.15, 0.2) is 0 Å². The number of anilines is 1. The van der Waals surface area contributed by atoms with Gasteiger partial charge in [0.1, 0.15) is 5.54 Å². The lowest BCUT2D eigenvalue weighted by molar-refractivity contribution is -0.126. The number of carbonyl (C=O) groups excluding carboxylic acids is 2. The van der Waals surface area contributed by atoms with Crippen LogP contribution in [-0.2, 0) is 22.4 Å². The average Bonchev–Trinajstić information content (AvgIpc) is 2.87. The molecular weight excluding hydrogens is 518 g/mol. The molecule has 7 nitrogen and oxygen atoms in total. The van der Waals surface area contributed by atoms with Gasteiger partial charge < -0.3 is 5.32 Å². The first-order valence-electron chi connectivity index (χ1n) is 12.9. The summed E-state index contributed by atoms with van der Waals surface area (Å²) in [5.74, 6) is -0.488. The lowest BCUT2D eigenvalue weighted by Gasteiger charge is -2.26. The molecule has 2 rings (SSSR count). The van der Waals surface area contributed by atoms with E-state index in [2.05, 4.69) is 50.7 Å². The van der Waals surface area contributed by atoms with Crippen LogP contribution in [0.3, 0.4) is 0 Å². The first kappa shape index (κ1) is 31.5. The topological polar surface area (TPSA) is 87.2 Å². The van der Waals surface area contributed by atoms with Gasteiger partial charge in [-0.15, -0.1) is 11.8 Å². The van der Waals surface area contributed by atoms with Crippen LogP contribution in [0.1, 0.15) is 51.8 Å². The summed E-state index contributed by atoms with van der Waals surface area (Å²) in [5.41, 5.74) is 2.22. The molecule has 2 heterocycles. The number of fused-ring (bicyclic) bond motifs is 1. The number of aromatic nitrogens is 2. The second kappa shape index (κ2) is 16.3. The molecule has 9 heteroatoms. The van der Waals surface area contributed by atoms with Gasteiger partial charge in [0.25, 0.3) is 5.91 Å². The first-order valence-corrected chi connectivity index (χ1v) is 14.5. The van der Waals surface area contributed by atoms with Gasteiger partial charge in [-0.1, -0.05) is 54.1 Å². The number of allylic oxidation sites excluding steroid dienone is 6. The smallest absolute Gasteiger partial charge is 0.251 e. The molecule has 1 aliphatic heterocycles. The predicted octanol–water partition coefficient (Wildman–Crippen LogP) is 5.57. The van der Waals surface area contributed by atoms with Gasteiger partial charge in [-0.25, -0.2) is 9.97 Å². The minimum Gasteiger partial charge on any atom is -0.339 e. The molecule has 0 atom stereocenters. The van der Waals surface area contributed by atoms with Crippen LogP contribution in [0.15, 0.2) is 64.7 Å². The van der Waals surface area contributed by atoms with E-state index >= 15 is 0 Å². The Morgan fingerprint density at radius 2 is 1.97 bits per heavy atom. The Morgan fingerprint density at radius 3 is 2.68 bits per heavy atom. The highest BCUT2D eigenvalue weighted by molar-refractivity contribution is 8.03. The van der Waals surface area contributed by atoms with Crippen molar-refractivity contribution in [2.45, 2.75) is 58.9 Å². The molecule has 0 unspecified atom stereocenters. The monoisotopic (exact) mass is 557 g/mol. The van der Waals surface area contributed by atoms with Gasteiger partial charge in [0.05, 0.1) is 4.36 Å². The summed E-state index contributed by atoms with van der Waals surface area (Å²) in [4.78, 5) is 36.7. The van der Waals surface area contributed by atoms with E-state index in [-0.39, 0.29) is 17.8 Å². The Morgan fingerprint density at radius 1 is 1.18 bits per heavy atom. The fourth-order valence-electron chi connectivity index (χ4n) is 3.82. The molecule has 0 fully saturated rings. The molecule has 2 N–H and O–H groups in total. The van der Waals surface area contributed by atoms with Gasteiger partial charge in [0, 0.05) is 25.0 Å². The number of rotatable bonds is 11. The van der Waals surface area contributed by atoms with Crippen LogP contribution in [0.25, 0.3) is 0 Å². The summed E-state index contributed by atoms with van der Waals surface area (Å²) in [5, 5.41) is 5.50. The molecule has 0 spiro atoms. The summed E-state index contributed by atoms with van der Waals surface area (Å²) in [6.45, 7) is 10.2. The molecule has 0 aromatic carbocycles. The summed E-state index contributed by atoms with van der Waals surface area (Å²) >= 11 is 7.37. The minimum absolute atomic E-state index is 0.256. The van der Waals surface area contributed by atoms with Crippen LogP contribution in [0.5, 0.6) is 0 Å². The van der Waals surface area contributed by atoms with E-state index in [0.29, 0.717) is 10.8 Å². The number of halogens is 1. The van der Waals surface area contributed by atoms with E-state index in [9.17, 15) is 9.59 Å². The van der Waals surface area contributed by atoms with Crippen molar-refractivity contribution in [3.05, 3.63) is 76.0 Å². The summed E-state index contributed by atoms with van der Waals surface area (Å²) in [6, 6.07) is 0. The Balaban J connectivity index is 1.96. The molecule has 0 saturated carbocycles. The summed E-state index contributed by atoms with van der Waals surface area (Å²) < 4.78 is 0.666. The maximum absolute atomic E-state index is 12.9. The Labute approximate surface area is 236 Å². The van der Waals surface area contributed by atoms with Crippen LogP contribution in [-0.4, -0.2) is 58.1 Å². The van der Waals surface area contributed by atoms with E-state index in [1.165, 1.54) is 23.4 Å². The van der Waals surface area contributed by atoms with Crippen LogP contribution in [0, 0.1) is 0 Å². The largest absolute Gasteiger partial charge is 0.339 e. The number of nitrogens with one attached hydrogen (secondary N) is 2. The van der Waals surface area contributed by atoms with E-state index in [1.54, 1.807) is 19.9 Å². The Bertz CT molecular complexity index is 1110. The second-order valence-corrected chi connectivity index (χ2v) is 10.9. The highest BCUT2D eigenvalue weighted by Gasteiger charge is 2.29. The van der Waals surface area contributed by atoms with Crippen molar-refractivity contribution < 1.29 is 9.59 Å². The maximum atomic E-state index is 12.9. The molecular formula is C29H40ClN5O2S. The third-order valence-electron chi connectivity index (χ3n) is 6.04. The minimum atomic E-state index is -1.14. The van der Waals surface area contributed by atoms with Gasteiger partial charge in [-0.2, -0.15) is 0 Å². The first-order chi connectivity index (χ1) is 18.2. The Kier molecular flexibility index (Phi) is 13.5. The van der Waals surface area contributed by atoms with E-state index < -0.39 is 5.54 Å². The zero-order valence-electron chi connectivity index (χ0n) is 23.1. The van der Waals surface area contributed by atoms with E-state index in [4.69, 9.17) is 11.6 Å². The number of hydrogen-bond acceptors (Lipinski definition) is 6. The highest BCUT2D eigenvalue weighted by atomic mass is 35.5. The molecule has 1 aromatic heterocycles. The van der Waals surface area contributed by atoms with E-state index in [1.807, 2.05) is 37.6 Å². The highest BCUT2D eigenvalue weighted by Crippen LogP contribution is 2.18. The zero-order chi connectivity index (χ0) is 28.0. The molecule has 38 heavy (non-hydrogen) atoms.